The summed E-state index contributed by atoms with van der Waals surface area (Å²) in [7, 11) is 4.80. The Morgan fingerprint density at radius 3 is 0.848 bits per heavy atom. The average Bonchev–Trinajstić information content (AvgIpc) is 2.86. The molecule has 2 aromatic carbocycles. The third kappa shape index (κ3) is 58.6. The van der Waals surface area contributed by atoms with Crippen molar-refractivity contribution in [1.29, 1.82) is 0 Å². The molecule has 2 rings (SSSR count). The average molecular weight is 466 g/mol. The lowest BCUT2D eigenvalue weighted by molar-refractivity contribution is -0.138. The van der Waals surface area contributed by atoms with E-state index in [-0.39, 0.29) is 11.9 Å². The van der Waals surface area contributed by atoms with Gasteiger partial charge in [0, 0.05) is 27.9 Å². The standard InChI is InChI=1S/2C7H8.C4H9NO.C3H6O2.4C2H6/c2*1-7-5-3-2-4-6-7;1-4(6)5(2)3;1-3(4)5-2;4*1-2/h2*2-6H,1H3;1-3H3;1-2H3;4*1-2H3. The van der Waals surface area contributed by atoms with Crippen molar-refractivity contribution in [3.8, 4) is 0 Å². The molecular weight excluding hydrogens is 410 g/mol. The fourth-order valence-corrected chi connectivity index (χ4v) is 1.07. The molecule has 33 heavy (non-hydrogen) atoms. The lowest BCUT2D eigenvalue weighted by Gasteiger charge is -2.02. The minimum Gasteiger partial charge on any atom is -0.469 e. The number of hydrogen-bond acceptors (Lipinski definition) is 3. The number of ether oxygens (including phenoxy) is 1. The summed E-state index contributed by atoms with van der Waals surface area (Å²) in [5.41, 5.74) is 2.64. The molecule has 0 bridgehead atoms. The van der Waals surface area contributed by atoms with Crippen LogP contribution in [0, 0.1) is 13.8 Å². The van der Waals surface area contributed by atoms with Crippen LogP contribution in [0.15, 0.2) is 60.7 Å². The van der Waals surface area contributed by atoms with Crippen LogP contribution in [-0.4, -0.2) is 38.0 Å². The molecule has 0 saturated carbocycles. The van der Waals surface area contributed by atoms with Gasteiger partial charge >= 0.3 is 5.97 Å². The Hall–Kier alpha value is -2.62. The first-order valence-corrected chi connectivity index (χ1v) is 12.0. The zero-order chi connectivity index (χ0) is 27.7. The Labute approximate surface area is 207 Å². The second-order valence-corrected chi connectivity index (χ2v) is 5.42. The van der Waals surface area contributed by atoms with E-state index in [4.69, 9.17) is 0 Å². The number of amides is 1. The van der Waals surface area contributed by atoms with Crippen LogP contribution in [0.2, 0.25) is 0 Å². The van der Waals surface area contributed by atoms with Crippen LogP contribution in [-0.2, 0) is 14.3 Å². The summed E-state index contributed by atoms with van der Waals surface area (Å²) in [4.78, 5) is 21.2. The van der Waals surface area contributed by atoms with Gasteiger partial charge in [0.25, 0.3) is 0 Å². The largest absolute Gasteiger partial charge is 0.469 e. The number of carbonyl (C=O) groups excluding carboxylic acids is 2. The Kier molecular flexibility index (Phi) is 57.9. The number of aryl methyl sites for hydroxylation is 2. The van der Waals surface area contributed by atoms with Gasteiger partial charge in [0.05, 0.1) is 7.11 Å². The van der Waals surface area contributed by atoms with Gasteiger partial charge in [0.15, 0.2) is 0 Å². The quantitative estimate of drug-likeness (QED) is 0.367. The smallest absolute Gasteiger partial charge is 0.302 e. The molecule has 4 heteroatoms. The third-order valence-corrected chi connectivity index (χ3v) is 2.80. The van der Waals surface area contributed by atoms with Crippen molar-refractivity contribution in [3.05, 3.63) is 71.8 Å². The number of rotatable bonds is 0. The molecule has 0 saturated heterocycles. The molecule has 0 fully saturated rings. The van der Waals surface area contributed by atoms with Gasteiger partial charge in [-0.3, -0.25) is 9.59 Å². The summed E-state index contributed by atoms with van der Waals surface area (Å²) in [5.74, 6) is -0.153. The molecule has 4 nitrogen and oxygen atoms in total. The van der Waals surface area contributed by atoms with Crippen molar-refractivity contribution in [2.45, 2.75) is 83.1 Å². The summed E-state index contributed by atoms with van der Waals surface area (Å²) in [6, 6.07) is 20.5. The molecule has 0 radical (unpaired) electrons. The highest BCUT2D eigenvalue weighted by Crippen LogP contribution is 1.92. The first-order valence-electron chi connectivity index (χ1n) is 12.0. The van der Waals surface area contributed by atoms with E-state index in [9.17, 15) is 9.59 Å². The minimum atomic E-state index is -0.245. The van der Waals surface area contributed by atoms with E-state index in [1.807, 2.05) is 91.8 Å². The van der Waals surface area contributed by atoms with Gasteiger partial charge in [-0.15, -0.1) is 0 Å². The minimum absolute atomic E-state index is 0.0926. The molecule has 1 amide bonds. The van der Waals surface area contributed by atoms with Crippen molar-refractivity contribution >= 4 is 11.9 Å². The molecule has 0 unspecified atom stereocenters. The maximum Gasteiger partial charge on any atom is 0.302 e. The van der Waals surface area contributed by atoms with Gasteiger partial charge in [-0.25, -0.2) is 0 Å². The fourth-order valence-electron chi connectivity index (χ4n) is 1.07. The Morgan fingerprint density at radius 1 is 0.606 bits per heavy atom. The Balaban J connectivity index is -0.0000000672. The third-order valence-electron chi connectivity index (χ3n) is 2.80. The van der Waals surface area contributed by atoms with E-state index in [2.05, 4.69) is 42.8 Å². The molecule has 0 aliphatic rings. The van der Waals surface area contributed by atoms with Crippen LogP contribution in [0.25, 0.3) is 0 Å². The summed E-state index contributed by atoms with van der Waals surface area (Å²) < 4.78 is 4.11. The van der Waals surface area contributed by atoms with E-state index in [1.165, 1.54) is 37.0 Å². The van der Waals surface area contributed by atoms with Gasteiger partial charge in [-0.05, 0) is 13.8 Å². The van der Waals surface area contributed by atoms with Crippen molar-refractivity contribution < 1.29 is 14.3 Å². The molecular formula is C29H55NO3. The lowest BCUT2D eigenvalue weighted by Crippen LogP contribution is -2.17. The molecule has 0 spiro atoms. The van der Waals surface area contributed by atoms with Gasteiger partial charge in [0.1, 0.15) is 0 Å². The number of benzene rings is 2. The normalized spacial score (nSPS) is 6.88. The molecule has 2 aromatic rings. The monoisotopic (exact) mass is 465 g/mol. The van der Waals surface area contributed by atoms with Crippen LogP contribution < -0.4 is 0 Å². The molecule has 0 aromatic heterocycles. The van der Waals surface area contributed by atoms with Crippen molar-refractivity contribution in [2.75, 3.05) is 21.2 Å². The number of hydrogen-bond donors (Lipinski definition) is 0. The van der Waals surface area contributed by atoms with Gasteiger partial charge < -0.3 is 9.64 Å². The zero-order valence-corrected chi connectivity index (χ0v) is 24.4. The van der Waals surface area contributed by atoms with Crippen LogP contribution >= 0.6 is 0 Å². The highest BCUT2D eigenvalue weighted by Gasteiger charge is 1.87. The lowest BCUT2D eigenvalue weighted by atomic mass is 10.2. The number of carbonyl (C=O) groups is 2. The second kappa shape index (κ2) is 43.3. The first-order chi connectivity index (χ1) is 15.7. The molecule has 0 heterocycles. The maximum atomic E-state index is 10.1. The molecule has 0 aliphatic heterocycles. The SMILES string of the molecule is CC.CC.CC.CC.CC(=O)N(C)C.COC(C)=O.Cc1ccccc1.Cc1ccccc1. The van der Waals surface area contributed by atoms with Crippen LogP contribution in [0.3, 0.4) is 0 Å². The van der Waals surface area contributed by atoms with E-state index >= 15 is 0 Å². The Bertz CT molecular complexity index is 530. The van der Waals surface area contributed by atoms with Crippen molar-refractivity contribution in [3.63, 3.8) is 0 Å². The van der Waals surface area contributed by atoms with Gasteiger partial charge in [-0.1, -0.05) is 127 Å². The topological polar surface area (TPSA) is 46.6 Å². The fraction of sp³-hybridized carbons (Fsp3) is 0.517. The van der Waals surface area contributed by atoms with Crippen LogP contribution in [0.5, 0.6) is 0 Å². The Morgan fingerprint density at radius 2 is 0.788 bits per heavy atom. The summed E-state index contributed by atoms with van der Waals surface area (Å²) >= 11 is 0. The number of methoxy groups -OCH3 is 1. The predicted molar refractivity (Wildman–Crippen MR) is 150 cm³/mol. The highest BCUT2D eigenvalue weighted by molar-refractivity contribution is 5.72. The van der Waals surface area contributed by atoms with E-state index in [0.717, 1.165) is 0 Å². The second-order valence-electron chi connectivity index (χ2n) is 5.42. The number of esters is 1. The predicted octanol–water partition coefficient (Wildman–Crippen LogP) is 8.37. The van der Waals surface area contributed by atoms with E-state index in [0.29, 0.717) is 0 Å². The summed E-state index contributed by atoms with van der Waals surface area (Å²) in [6.07, 6.45) is 0. The van der Waals surface area contributed by atoms with E-state index in [1.54, 1.807) is 14.1 Å². The number of nitrogens with zero attached hydrogens (tertiary/aromatic N) is 1. The van der Waals surface area contributed by atoms with Crippen molar-refractivity contribution in [2.24, 2.45) is 0 Å². The molecule has 0 aliphatic carbocycles. The maximum absolute atomic E-state index is 10.1. The highest BCUT2D eigenvalue weighted by atomic mass is 16.5. The van der Waals surface area contributed by atoms with Crippen LogP contribution in [0.4, 0.5) is 0 Å². The first kappa shape index (κ1) is 44.1. The molecule has 0 atom stereocenters. The molecule has 0 N–H and O–H groups in total. The van der Waals surface area contributed by atoms with E-state index < -0.39 is 0 Å². The summed E-state index contributed by atoms with van der Waals surface area (Å²) in [5, 5.41) is 0. The van der Waals surface area contributed by atoms with Crippen LogP contribution in [0.1, 0.15) is 80.4 Å². The van der Waals surface area contributed by atoms with Gasteiger partial charge in [0.2, 0.25) is 5.91 Å². The van der Waals surface area contributed by atoms with Crippen molar-refractivity contribution in [1.82, 2.24) is 4.90 Å². The zero-order valence-electron chi connectivity index (χ0n) is 24.4. The van der Waals surface area contributed by atoms with Gasteiger partial charge in [-0.2, -0.15) is 0 Å². The summed E-state index contributed by atoms with van der Waals surface area (Å²) in [6.45, 7) is 23.1. The molecule has 194 valence electrons.